The molecule has 3 aromatic rings. The Kier molecular flexibility index (Phi) is 6.28. The van der Waals surface area contributed by atoms with Gasteiger partial charge in [0.15, 0.2) is 11.6 Å². The highest BCUT2D eigenvalue weighted by molar-refractivity contribution is 6.34. The first kappa shape index (κ1) is 21.6. The number of hydrogen-bond acceptors (Lipinski definition) is 4. The summed E-state index contributed by atoms with van der Waals surface area (Å²) in [5.74, 6) is -0.359. The number of amides is 2. The molecule has 4 rings (SSSR count). The molecule has 2 N–H and O–H groups in total. The van der Waals surface area contributed by atoms with Crippen LogP contribution >= 0.6 is 11.6 Å². The molecule has 0 atom stereocenters. The Morgan fingerprint density at radius 3 is 2.88 bits per heavy atom. The number of ether oxygens (including phenoxy) is 1. The molecule has 0 saturated carbocycles. The number of aromatic nitrogens is 1. The van der Waals surface area contributed by atoms with E-state index in [-0.39, 0.29) is 16.5 Å². The number of nitrogens with zero attached hydrogens (tertiary/aromatic N) is 2. The molecule has 32 heavy (non-hydrogen) atoms. The second kappa shape index (κ2) is 9.28. The summed E-state index contributed by atoms with van der Waals surface area (Å²) in [5, 5.41) is 5.59. The number of rotatable bonds is 5. The number of nitrogens with one attached hydrogen (secondary N) is 2. The maximum atomic E-state index is 14.9. The van der Waals surface area contributed by atoms with Crippen molar-refractivity contribution >= 4 is 39.8 Å². The van der Waals surface area contributed by atoms with Crippen molar-refractivity contribution in [1.29, 1.82) is 0 Å². The number of urea groups is 1. The first-order valence-corrected chi connectivity index (χ1v) is 10.5. The van der Waals surface area contributed by atoms with E-state index in [1.54, 1.807) is 19.2 Å². The molecule has 0 radical (unpaired) electrons. The van der Waals surface area contributed by atoms with Crippen molar-refractivity contribution in [3.8, 4) is 11.5 Å². The topological polar surface area (TPSA) is 66.5 Å². The number of benzene rings is 2. The molecule has 0 unspecified atom stereocenters. The Morgan fingerprint density at radius 2 is 2.09 bits per heavy atom. The molecule has 1 aromatic heterocycles. The van der Waals surface area contributed by atoms with Gasteiger partial charge in [0.05, 0.1) is 11.2 Å². The minimum Gasteiger partial charge on any atom is -0.453 e. The lowest BCUT2D eigenvalue weighted by Crippen LogP contribution is -2.28. The first-order chi connectivity index (χ1) is 15.5. The van der Waals surface area contributed by atoms with Crippen LogP contribution in [-0.4, -0.2) is 36.1 Å². The number of hydrogen-bond donors (Lipinski definition) is 2. The number of fused-ring (bicyclic) bond motifs is 1. The van der Waals surface area contributed by atoms with E-state index in [0.717, 1.165) is 28.6 Å². The number of anilines is 1. The lowest BCUT2D eigenvalue weighted by atomic mass is 10.0. The van der Waals surface area contributed by atoms with Gasteiger partial charge in [-0.2, -0.15) is 0 Å². The minimum absolute atomic E-state index is 0.0485. The van der Waals surface area contributed by atoms with Crippen molar-refractivity contribution in [1.82, 2.24) is 15.2 Å². The molecule has 0 fully saturated rings. The Bertz CT molecular complexity index is 1240. The average molecular weight is 453 g/mol. The van der Waals surface area contributed by atoms with Gasteiger partial charge in [-0.1, -0.05) is 29.8 Å². The van der Waals surface area contributed by atoms with Crippen LogP contribution in [0.15, 0.2) is 60.9 Å². The van der Waals surface area contributed by atoms with E-state index in [9.17, 15) is 9.18 Å². The summed E-state index contributed by atoms with van der Waals surface area (Å²) in [6.45, 7) is 3.09. The van der Waals surface area contributed by atoms with E-state index in [1.165, 1.54) is 12.1 Å². The number of carbonyl (C=O) groups is 1. The van der Waals surface area contributed by atoms with Crippen molar-refractivity contribution in [3.63, 3.8) is 0 Å². The fourth-order valence-corrected chi connectivity index (χ4v) is 3.60. The summed E-state index contributed by atoms with van der Waals surface area (Å²) in [6.07, 6.45) is 7.87. The van der Waals surface area contributed by atoms with Crippen molar-refractivity contribution in [3.05, 3.63) is 77.4 Å². The van der Waals surface area contributed by atoms with Gasteiger partial charge >= 0.3 is 6.03 Å². The van der Waals surface area contributed by atoms with E-state index in [2.05, 4.69) is 38.9 Å². The molecule has 8 heteroatoms. The zero-order chi connectivity index (χ0) is 22.7. The summed E-state index contributed by atoms with van der Waals surface area (Å²) in [5.41, 5.74) is 3.00. The lowest BCUT2D eigenvalue weighted by Gasteiger charge is -2.18. The summed E-state index contributed by atoms with van der Waals surface area (Å²) >= 11 is 6.12. The van der Waals surface area contributed by atoms with Crippen LogP contribution in [0.2, 0.25) is 5.02 Å². The van der Waals surface area contributed by atoms with Crippen molar-refractivity contribution in [2.75, 3.05) is 25.5 Å². The van der Waals surface area contributed by atoms with Gasteiger partial charge in [-0.25, -0.2) is 9.18 Å². The quantitative estimate of drug-likeness (QED) is 0.513. The van der Waals surface area contributed by atoms with Gasteiger partial charge in [0, 0.05) is 37.9 Å². The van der Waals surface area contributed by atoms with Crippen LogP contribution < -0.4 is 15.4 Å². The SMILES string of the molecule is CCNC(=O)Nc1ccc(Oc2ccnc3cc(C4=CN(C)CC=C4)ccc23)c(F)c1Cl. The number of allylic oxidation sites excluding steroid dienone is 2. The third kappa shape index (κ3) is 4.53. The highest BCUT2D eigenvalue weighted by Crippen LogP contribution is 2.36. The Labute approximate surface area is 190 Å². The maximum absolute atomic E-state index is 14.9. The molecule has 1 aliphatic rings. The van der Waals surface area contributed by atoms with Crippen LogP contribution in [0.25, 0.3) is 16.5 Å². The van der Waals surface area contributed by atoms with E-state index in [1.807, 2.05) is 25.2 Å². The van der Waals surface area contributed by atoms with Gasteiger partial charge in [0.1, 0.15) is 10.8 Å². The van der Waals surface area contributed by atoms with Crippen LogP contribution in [0.1, 0.15) is 12.5 Å². The fourth-order valence-electron chi connectivity index (χ4n) is 3.39. The second-order valence-corrected chi connectivity index (χ2v) is 7.67. The molecule has 164 valence electrons. The Morgan fingerprint density at radius 1 is 1.25 bits per heavy atom. The van der Waals surface area contributed by atoms with Crippen molar-refractivity contribution < 1.29 is 13.9 Å². The molecule has 0 aliphatic carbocycles. The van der Waals surface area contributed by atoms with E-state index >= 15 is 0 Å². The van der Waals surface area contributed by atoms with Gasteiger partial charge in [-0.15, -0.1) is 0 Å². The van der Waals surface area contributed by atoms with Crippen molar-refractivity contribution in [2.24, 2.45) is 0 Å². The largest absolute Gasteiger partial charge is 0.453 e. The highest BCUT2D eigenvalue weighted by Gasteiger charge is 2.16. The zero-order valence-corrected chi connectivity index (χ0v) is 18.4. The van der Waals surface area contributed by atoms with Gasteiger partial charge in [-0.3, -0.25) is 4.98 Å². The van der Waals surface area contributed by atoms with Gasteiger partial charge in [0.2, 0.25) is 0 Å². The van der Waals surface area contributed by atoms with Crippen LogP contribution in [-0.2, 0) is 0 Å². The molecular weight excluding hydrogens is 431 g/mol. The van der Waals surface area contributed by atoms with Crippen molar-refractivity contribution in [2.45, 2.75) is 6.92 Å². The normalized spacial score (nSPS) is 13.1. The highest BCUT2D eigenvalue weighted by atomic mass is 35.5. The van der Waals surface area contributed by atoms with E-state index in [0.29, 0.717) is 12.3 Å². The molecule has 2 amide bonds. The van der Waals surface area contributed by atoms with Crippen LogP contribution in [0.3, 0.4) is 0 Å². The number of halogens is 2. The first-order valence-electron chi connectivity index (χ1n) is 10.1. The summed E-state index contributed by atoms with van der Waals surface area (Å²) in [6, 6.07) is 9.99. The fraction of sp³-hybridized carbons (Fsp3) is 0.167. The number of carbonyl (C=O) groups excluding carboxylic acids is 1. The monoisotopic (exact) mass is 452 g/mol. The van der Waals surface area contributed by atoms with E-state index < -0.39 is 11.8 Å². The molecule has 6 nitrogen and oxygen atoms in total. The Hall–Kier alpha value is -3.58. The standard InChI is InChI=1S/C24H22ClFN4O2/c1-3-27-24(31)29-18-8-9-21(23(26)22(18)25)32-20-10-11-28-19-13-15(6-7-17(19)20)16-5-4-12-30(2)14-16/h4-11,13-14H,3,12H2,1-2H3,(H2,27,29,31). The average Bonchev–Trinajstić information content (AvgIpc) is 2.79. The van der Waals surface area contributed by atoms with Gasteiger partial charge in [-0.05, 0) is 48.4 Å². The zero-order valence-electron chi connectivity index (χ0n) is 17.7. The minimum atomic E-state index is -0.761. The summed E-state index contributed by atoms with van der Waals surface area (Å²) < 4.78 is 20.7. The lowest BCUT2D eigenvalue weighted by molar-refractivity contribution is 0.252. The number of likely N-dealkylation sites (N-methyl/N-ethyl adjacent to an activating group) is 1. The third-order valence-corrected chi connectivity index (χ3v) is 5.31. The molecule has 0 bridgehead atoms. The number of pyridine rings is 1. The summed E-state index contributed by atoms with van der Waals surface area (Å²) in [7, 11) is 2.02. The molecule has 2 aromatic carbocycles. The van der Waals surface area contributed by atoms with Crippen LogP contribution in [0, 0.1) is 5.82 Å². The second-order valence-electron chi connectivity index (χ2n) is 7.29. The van der Waals surface area contributed by atoms with E-state index in [4.69, 9.17) is 16.3 Å². The third-order valence-electron chi connectivity index (χ3n) is 4.94. The molecular formula is C24H22ClFN4O2. The smallest absolute Gasteiger partial charge is 0.319 e. The molecule has 1 aliphatic heterocycles. The Balaban J connectivity index is 1.63. The predicted octanol–water partition coefficient (Wildman–Crippen LogP) is 5.80. The van der Waals surface area contributed by atoms with Crippen LogP contribution in [0.4, 0.5) is 14.9 Å². The van der Waals surface area contributed by atoms with Gasteiger partial charge < -0.3 is 20.3 Å². The van der Waals surface area contributed by atoms with Crippen LogP contribution in [0.5, 0.6) is 11.5 Å². The predicted molar refractivity (Wildman–Crippen MR) is 126 cm³/mol. The van der Waals surface area contributed by atoms with Gasteiger partial charge in [0.25, 0.3) is 0 Å². The maximum Gasteiger partial charge on any atom is 0.319 e. The summed E-state index contributed by atoms with van der Waals surface area (Å²) in [4.78, 5) is 18.2. The molecule has 0 saturated heterocycles. The molecule has 0 spiro atoms. The molecule has 2 heterocycles.